The molecule has 3 aromatic carbocycles. The first-order valence-corrected chi connectivity index (χ1v) is 10.9. The predicted molar refractivity (Wildman–Crippen MR) is 127 cm³/mol. The number of rotatable bonds is 8. The van der Waals surface area contributed by atoms with Crippen LogP contribution in [0.25, 0.3) is 5.70 Å². The van der Waals surface area contributed by atoms with E-state index in [2.05, 4.69) is 10.1 Å². The lowest BCUT2D eigenvalue weighted by atomic mass is 10.0. The molecule has 4 nitrogen and oxygen atoms in total. The van der Waals surface area contributed by atoms with Crippen LogP contribution in [0.5, 0.6) is 5.75 Å². The lowest BCUT2D eigenvalue weighted by molar-refractivity contribution is -0.274. The first-order chi connectivity index (χ1) is 16.1. The minimum Gasteiger partial charge on any atom is -0.463 e. The average molecular weight is 510 g/mol. The fourth-order valence-electron chi connectivity index (χ4n) is 3.07. The van der Waals surface area contributed by atoms with Gasteiger partial charge < -0.3 is 14.8 Å². The Balaban J connectivity index is 1.77. The highest BCUT2D eigenvalue weighted by atomic mass is 35.5. The van der Waals surface area contributed by atoms with Crippen LogP contribution in [0.3, 0.4) is 0 Å². The molecular formula is C25H20Cl2F3NO3. The molecule has 0 spiro atoms. The second kappa shape index (κ2) is 11.3. The van der Waals surface area contributed by atoms with Gasteiger partial charge in [0.1, 0.15) is 5.75 Å². The van der Waals surface area contributed by atoms with Gasteiger partial charge in [0.2, 0.25) is 0 Å². The van der Waals surface area contributed by atoms with Crippen LogP contribution in [0.2, 0.25) is 10.0 Å². The van der Waals surface area contributed by atoms with E-state index in [1.54, 1.807) is 37.3 Å². The van der Waals surface area contributed by atoms with Gasteiger partial charge in [0.05, 0.1) is 22.3 Å². The third kappa shape index (κ3) is 7.71. The van der Waals surface area contributed by atoms with Crippen LogP contribution >= 0.6 is 23.2 Å². The third-order valence-electron chi connectivity index (χ3n) is 4.58. The lowest BCUT2D eigenvalue weighted by Crippen LogP contribution is -2.17. The minimum atomic E-state index is -4.72. The van der Waals surface area contributed by atoms with E-state index in [0.717, 1.165) is 16.7 Å². The second-order valence-electron chi connectivity index (χ2n) is 7.13. The molecule has 0 saturated heterocycles. The van der Waals surface area contributed by atoms with Crippen molar-refractivity contribution in [2.45, 2.75) is 19.7 Å². The molecule has 9 heteroatoms. The van der Waals surface area contributed by atoms with Gasteiger partial charge >= 0.3 is 12.3 Å². The lowest BCUT2D eigenvalue weighted by Gasteiger charge is -2.13. The van der Waals surface area contributed by atoms with Crippen molar-refractivity contribution in [3.8, 4) is 5.75 Å². The van der Waals surface area contributed by atoms with Crippen molar-refractivity contribution in [1.82, 2.24) is 0 Å². The Morgan fingerprint density at radius 3 is 2.12 bits per heavy atom. The van der Waals surface area contributed by atoms with Crippen LogP contribution in [0.1, 0.15) is 23.6 Å². The number of hydrogen-bond donors (Lipinski definition) is 1. The smallest absolute Gasteiger partial charge is 0.463 e. The molecule has 178 valence electrons. The Hall–Kier alpha value is -3.16. The Bertz CT molecular complexity index is 1160. The molecule has 0 aliphatic rings. The summed E-state index contributed by atoms with van der Waals surface area (Å²) in [6, 6.07) is 18.1. The van der Waals surface area contributed by atoms with Gasteiger partial charge in [-0.1, -0.05) is 59.6 Å². The fraction of sp³-hybridized carbons (Fsp3) is 0.160. The zero-order valence-electron chi connectivity index (χ0n) is 18.0. The van der Waals surface area contributed by atoms with Crippen LogP contribution in [0, 0.1) is 0 Å². The number of halogens is 5. The molecule has 0 aromatic heterocycles. The maximum atomic E-state index is 12.3. The van der Waals surface area contributed by atoms with Gasteiger partial charge in [-0.2, -0.15) is 0 Å². The van der Waals surface area contributed by atoms with Crippen LogP contribution in [-0.2, 0) is 16.0 Å². The van der Waals surface area contributed by atoms with Crippen LogP contribution in [0.4, 0.5) is 18.9 Å². The van der Waals surface area contributed by atoms with Crippen molar-refractivity contribution in [2.75, 3.05) is 11.9 Å². The Labute approximate surface area is 204 Å². The molecule has 34 heavy (non-hydrogen) atoms. The highest BCUT2D eigenvalue weighted by Gasteiger charge is 2.30. The van der Waals surface area contributed by atoms with Gasteiger partial charge in [0.15, 0.2) is 0 Å². The molecule has 0 fully saturated rings. The van der Waals surface area contributed by atoms with E-state index < -0.39 is 12.3 Å². The molecule has 3 rings (SSSR count). The van der Waals surface area contributed by atoms with Gasteiger partial charge in [-0.3, -0.25) is 0 Å². The summed E-state index contributed by atoms with van der Waals surface area (Å²) in [5, 5.41) is 3.93. The van der Waals surface area contributed by atoms with Gasteiger partial charge in [-0.05, 0) is 60.4 Å². The van der Waals surface area contributed by atoms with Crippen molar-refractivity contribution in [1.29, 1.82) is 0 Å². The maximum Gasteiger partial charge on any atom is 0.573 e. The number of hydrogen-bond acceptors (Lipinski definition) is 4. The SMILES string of the molecule is CCOC(=O)/C=C(/Nc1ccc(Cl)c(Cl)c1)c1ccc(Cc2ccc(OC(F)(F)F)cc2)cc1. The Morgan fingerprint density at radius 2 is 1.56 bits per heavy atom. The first kappa shape index (κ1) is 25.5. The number of esters is 1. The largest absolute Gasteiger partial charge is 0.573 e. The summed E-state index contributed by atoms with van der Waals surface area (Å²) < 4.78 is 45.9. The average Bonchev–Trinajstić information content (AvgIpc) is 2.77. The molecule has 0 radical (unpaired) electrons. The quantitative estimate of drug-likeness (QED) is 0.252. The molecule has 0 amide bonds. The maximum absolute atomic E-state index is 12.3. The standard InChI is InChI=1S/C25H20Cl2F3NO3/c1-2-33-24(32)15-23(31-19-9-12-21(26)22(27)14-19)18-7-3-16(4-8-18)13-17-5-10-20(11-6-17)34-25(28,29)30/h3-12,14-15,31H,2,13H2,1H3/b23-15+. The number of ether oxygens (including phenoxy) is 2. The van der Waals surface area contributed by atoms with E-state index in [0.29, 0.717) is 27.9 Å². The molecule has 0 aliphatic carbocycles. The van der Waals surface area contributed by atoms with Crippen LogP contribution < -0.4 is 10.1 Å². The number of alkyl halides is 3. The molecule has 0 heterocycles. The zero-order valence-corrected chi connectivity index (χ0v) is 19.5. The molecule has 0 saturated carbocycles. The third-order valence-corrected chi connectivity index (χ3v) is 5.32. The summed E-state index contributed by atoms with van der Waals surface area (Å²) in [5.74, 6) is -0.774. The number of carbonyl (C=O) groups excluding carboxylic acids is 1. The summed E-state index contributed by atoms with van der Waals surface area (Å²) in [7, 11) is 0. The molecular weight excluding hydrogens is 490 g/mol. The highest BCUT2D eigenvalue weighted by Crippen LogP contribution is 2.28. The highest BCUT2D eigenvalue weighted by molar-refractivity contribution is 6.42. The number of carbonyl (C=O) groups is 1. The van der Waals surface area contributed by atoms with Crippen molar-refractivity contribution >= 4 is 40.6 Å². The summed E-state index contributed by atoms with van der Waals surface area (Å²) in [5.41, 5.74) is 3.60. The van der Waals surface area contributed by atoms with E-state index >= 15 is 0 Å². The summed E-state index contributed by atoms with van der Waals surface area (Å²) in [4.78, 5) is 12.1. The Morgan fingerprint density at radius 1 is 0.941 bits per heavy atom. The summed E-state index contributed by atoms with van der Waals surface area (Å²) >= 11 is 12.1. The van der Waals surface area contributed by atoms with Gasteiger partial charge in [0, 0.05) is 11.8 Å². The van der Waals surface area contributed by atoms with Gasteiger partial charge in [0.25, 0.3) is 0 Å². The minimum absolute atomic E-state index is 0.237. The molecule has 0 aliphatic heterocycles. The van der Waals surface area contributed by atoms with Crippen molar-refractivity contribution < 1.29 is 27.4 Å². The number of anilines is 1. The Kier molecular flexibility index (Phi) is 8.47. The van der Waals surface area contributed by atoms with E-state index in [1.807, 2.05) is 24.3 Å². The van der Waals surface area contributed by atoms with Crippen molar-refractivity contribution in [2.24, 2.45) is 0 Å². The second-order valence-corrected chi connectivity index (χ2v) is 7.94. The molecule has 1 N–H and O–H groups in total. The van der Waals surface area contributed by atoms with E-state index in [-0.39, 0.29) is 12.4 Å². The molecule has 0 unspecified atom stereocenters. The molecule has 3 aromatic rings. The number of benzene rings is 3. The predicted octanol–water partition coefficient (Wildman–Crippen LogP) is 7.50. The first-order valence-electron chi connectivity index (χ1n) is 10.2. The van der Waals surface area contributed by atoms with Crippen molar-refractivity contribution in [3.05, 3.63) is 99.5 Å². The molecule has 0 atom stereocenters. The summed E-state index contributed by atoms with van der Waals surface area (Å²) in [6.07, 6.45) is -2.87. The summed E-state index contributed by atoms with van der Waals surface area (Å²) in [6.45, 7) is 1.95. The number of nitrogens with one attached hydrogen (secondary N) is 1. The topological polar surface area (TPSA) is 47.6 Å². The zero-order chi connectivity index (χ0) is 24.7. The monoisotopic (exact) mass is 509 g/mol. The van der Waals surface area contributed by atoms with Gasteiger partial charge in [-0.25, -0.2) is 4.79 Å². The normalized spacial score (nSPS) is 11.8. The van der Waals surface area contributed by atoms with Crippen molar-refractivity contribution in [3.63, 3.8) is 0 Å². The van der Waals surface area contributed by atoms with E-state index in [9.17, 15) is 18.0 Å². The fourth-order valence-corrected chi connectivity index (χ4v) is 3.37. The van der Waals surface area contributed by atoms with Crippen LogP contribution in [0.15, 0.2) is 72.8 Å². The van der Waals surface area contributed by atoms with Gasteiger partial charge in [-0.15, -0.1) is 13.2 Å². The van der Waals surface area contributed by atoms with E-state index in [1.165, 1.54) is 18.2 Å². The molecule has 0 bridgehead atoms. The van der Waals surface area contributed by atoms with E-state index in [4.69, 9.17) is 27.9 Å². The van der Waals surface area contributed by atoms with Crippen LogP contribution in [-0.4, -0.2) is 18.9 Å².